The summed E-state index contributed by atoms with van der Waals surface area (Å²) in [4.78, 5) is 23.7. The van der Waals surface area contributed by atoms with Gasteiger partial charge in [-0.25, -0.2) is 9.97 Å². The third kappa shape index (κ3) is 6.62. The van der Waals surface area contributed by atoms with Crippen molar-refractivity contribution in [3.8, 4) is 11.4 Å². The number of aromatic nitrogens is 2. The van der Waals surface area contributed by atoms with Crippen LogP contribution >= 0.6 is 0 Å². The van der Waals surface area contributed by atoms with Crippen molar-refractivity contribution in [3.63, 3.8) is 0 Å². The summed E-state index contributed by atoms with van der Waals surface area (Å²) in [5.41, 5.74) is 3.67. The minimum Gasteiger partial charge on any atom is -0.352 e. The first-order valence-electron chi connectivity index (χ1n) is 10.9. The monoisotopic (exact) mass is 417 g/mol. The molecule has 0 radical (unpaired) electrons. The average Bonchev–Trinajstić information content (AvgIpc) is 2.80. The number of nitrogens with one attached hydrogen (secondary N) is 2. The number of benzene rings is 2. The van der Waals surface area contributed by atoms with Crippen molar-refractivity contribution in [2.75, 3.05) is 31.5 Å². The van der Waals surface area contributed by atoms with E-state index >= 15 is 0 Å². The topological polar surface area (TPSA) is 70.2 Å². The molecule has 1 aromatic heterocycles. The van der Waals surface area contributed by atoms with Gasteiger partial charge in [0, 0.05) is 29.6 Å². The Morgan fingerprint density at radius 3 is 2.52 bits per heavy atom. The van der Waals surface area contributed by atoms with E-state index in [1.165, 1.54) is 5.56 Å². The zero-order valence-electron chi connectivity index (χ0n) is 18.6. The van der Waals surface area contributed by atoms with E-state index in [4.69, 9.17) is 0 Å². The van der Waals surface area contributed by atoms with Crippen molar-refractivity contribution in [1.82, 2.24) is 20.2 Å². The molecular weight excluding hydrogens is 386 g/mol. The lowest BCUT2D eigenvalue weighted by molar-refractivity contribution is 0.0952. The third-order valence-corrected chi connectivity index (χ3v) is 5.18. The first-order chi connectivity index (χ1) is 15.1. The van der Waals surface area contributed by atoms with Crippen molar-refractivity contribution in [3.05, 3.63) is 71.9 Å². The Morgan fingerprint density at radius 2 is 1.81 bits per heavy atom. The number of carbonyl (C=O) groups is 1. The van der Waals surface area contributed by atoms with Crippen molar-refractivity contribution < 1.29 is 4.79 Å². The number of nitrogens with zero attached hydrogens (tertiary/aromatic N) is 3. The van der Waals surface area contributed by atoms with Crippen LogP contribution in [-0.2, 0) is 0 Å². The quantitative estimate of drug-likeness (QED) is 0.470. The van der Waals surface area contributed by atoms with E-state index in [0.717, 1.165) is 37.3 Å². The Balaban J connectivity index is 1.56. The standard InChI is InChI=1S/C25H31N5O/c1-4-30(5-2)17-7-15-27-25(31)20-10-12-22(13-11-20)28-23-14-16-26-24(29-23)21-9-6-8-19(3)18-21/h6,8-14,16,18H,4-5,7,15,17H2,1-3H3,(H,27,31)(H,26,28,29). The van der Waals surface area contributed by atoms with Gasteiger partial charge in [0.05, 0.1) is 0 Å². The molecule has 6 heteroatoms. The van der Waals surface area contributed by atoms with Gasteiger partial charge in [-0.15, -0.1) is 0 Å². The fourth-order valence-corrected chi connectivity index (χ4v) is 3.35. The summed E-state index contributed by atoms with van der Waals surface area (Å²) in [7, 11) is 0. The molecule has 0 unspecified atom stereocenters. The van der Waals surface area contributed by atoms with Crippen molar-refractivity contribution in [2.45, 2.75) is 27.2 Å². The largest absolute Gasteiger partial charge is 0.352 e. The molecule has 0 spiro atoms. The van der Waals surface area contributed by atoms with Crippen molar-refractivity contribution >= 4 is 17.4 Å². The summed E-state index contributed by atoms with van der Waals surface area (Å²) in [6.07, 6.45) is 2.69. The van der Waals surface area contributed by atoms with Crippen LogP contribution in [0.3, 0.4) is 0 Å². The predicted molar refractivity (Wildman–Crippen MR) is 127 cm³/mol. The predicted octanol–water partition coefficient (Wildman–Crippen LogP) is 4.66. The summed E-state index contributed by atoms with van der Waals surface area (Å²) in [5, 5.41) is 6.28. The number of aryl methyl sites for hydroxylation is 1. The van der Waals surface area contributed by atoms with Crippen LogP contribution in [-0.4, -0.2) is 47.0 Å². The maximum Gasteiger partial charge on any atom is 0.251 e. The summed E-state index contributed by atoms with van der Waals surface area (Å²) >= 11 is 0. The molecule has 6 nitrogen and oxygen atoms in total. The molecule has 0 saturated heterocycles. The number of anilines is 2. The van der Waals surface area contributed by atoms with E-state index in [1.54, 1.807) is 6.20 Å². The highest BCUT2D eigenvalue weighted by molar-refractivity contribution is 5.94. The van der Waals surface area contributed by atoms with Crippen LogP contribution in [0.25, 0.3) is 11.4 Å². The minimum atomic E-state index is -0.0464. The van der Waals surface area contributed by atoms with Crippen LogP contribution in [0.15, 0.2) is 60.8 Å². The highest BCUT2D eigenvalue weighted by Gasteiger charge is 2.07. The summed E-state index contributed by atoms with van der Waals surface area (Å²) in [5.74, 6) is 1.34. The molecule has 1 amide bonds. The highest BCUT2D eigenvalue weighted by Crippen LogP contribution is 2.20. The van der Waals surface area contributed by atoms with Crippen LogP contribution in [0, 0.1) is 6.92 Å². The molecular formula is C25H31N5O. The zero-order valence-corrected chi connectivity index (χ0v) is 18.6. The Morgan fingerprint density at radius 1 is 1.03 bits per heavy atom. The smallest absolute Gasteiger partial charge is 0.251 e. The van der Waals surface area contributed by atoms with Gasteiger partial charge in [-0.1, -0.05) is 37.6 Å². The van der Waals surface area contributed by atoms with E-state index in [0.29, 0.717) is 23.8 Å². The van der Waals surface area contributed by atoms with Crippen molar-refractivity contribution in [1.29, 1.82) is 0 Å². The Bertz CT molecular complexity index is 983. The first kappa shape index (κ1) is 22.4. The third-order valence-electron chi connectivity index (χ3n) is 5.18. The molecule has 0 saturated carbocycles. The van der Waals surface area contributed by atoms with E-state index in [-0.39, 0.29) is 5.91 Å². The second-order valence-electron chi connectivity index (χ2n) is 7.47. The molecule has 31 heavy (non-hydrogen) atoms. The Hall–Kier alpha value is -3.25. The van der Waals surface area contributed by atoms with Crippen LogP contribution in [0.2, 0.25) is 0 Å². The summed E-state index contributed by atoms with van der Waals surface area (Å²) in [6.45, 7) is 10.1. The van der Waals surface area contributed by atoms with E-state index in [1.807, 2.05) is 55.5 Å². The molecule has 0 fully saturated rings. The van der Waals surface area contributed by atoms with Crippen molar-refractivity contribution in [2.24, 2.45) is 0 Å². The van der Waals surface area contributed by atoms with Crippen LogP contribution in [0.1, 0.15) is 36.2 Å². The molecule has 0 aliphatic heterocycles. The Labute approximate surface area is 184 Å². The maximum atomic E-state index is 12.4. The number of hydrogen-bond donors (Lipinski definition) is 2. The number of carbonyl (C=O) groups excluding carboxylic acids is 1. The van der Waals surface area contributed by atoms with Crippen LogP contribution in [0.5, 0.6) is 0 Å². The Kier molecular flexibility index (Phi) is 8.12. The number of rotatable bonds is 10. The fourth-order valence-electron chi connectivity index (χ4n) is 3.35. The minimum absolute atomic E-state index is 0.0464. The van der Waals surface area contributed by atoms with Gasteiger partial charge in [0.1, 0.15) is 5.82 Å². The SMILES string of the molecule is CCN(CC)CCCNC(=O)c1ccc(Nc2ccnc(-c3cccc(C)c3)n2)cc1. The normalized spacial score (nSPS) is 10.8. The van der Waals surface area contributed by atoms with Gasteiger partial charge in [0.25, 0.3) is 5.91 Å². The molecule has 0 aliphatic carbocycles. The lowest BCUT2D eigenvalue weighted by Crippen LogP contribution is -2.29. The first-order valence-corrected chi connectivity index (χ1v) is 10.9. The van der Waals surface area contributed by atoms with Gasteiger partial charge in [0.2, 0.25) is 0 Å². The lowest BCUT2D eigenvalue weighted by atomic mass is 10.1. The molecule has 0 aliphatic rings. The molecule has 2 N–H and O–H groups in total. The van der Waals surface area contributed by atoms with Gasteiger partial charge in [-0.05, 0) is 69.4 Å². The molecule has 3 rings (SSSR count). The van der Waals surface area contributed by atoms with Crippen LogP contribution in [0.4, 0.5) is 11.5 Å². The second kappa shape index (κ2) is 11.2. The maximum absolute atomic E-state index is 12.4. The van der Waals surface area contributed by atoms with Gasteiger partial charge in [-0.3, -0.25) is 4.79 Å². The number of amides is 1. The summed E-state index contributed by atoms with van der Waals surface area (Å²) in [6, 6.07) is 17.4. The molecule has 2 aromatic carbocycles. The second-order valence-corrected chi connectivity index (χ2v) is 7.47. The zero-order chi connectivity index (χ0) is 22.1. The van der Waals surface area contributed by atoms with Gasteiger partial charge >= 0.3 is 0 Å². The van der Waals surface area contributed by atoms with Gasteiger partial charge in [0.15, 0.2) is 5.82 Å². The molecule has 3 aromatic rings. The van der Waals surface area contributed by atoms with E-state index in [2.05, 4.69) is 45.4 Å². The van der Waals surface area contributed by atoms with Gasteiger partial charge < -0.3 is 15.5 Å². The molecule has 1 heterocycles. The summed E-state index contributed by atoms with van der Waals surface area (Å²) < 4.78 is 0. The molecule has 0 bridgehead atoms. The molecule has 162 valence electrons. The fraction of sp³-hybridized carbons (Fsp3) is 0.320. The van der Waals surface area contributed by atoms with E-state index in [9.17, 15) is 4.79 Å². The highest BCUT2D eigenvalue weighted by atomic mass is 16.1. The molecule has 0 atom stereocenters. The van der Waals surface area contributed by atoms with E-state index < -0.39 is 0 Å². The van der Waals surface area contributed by atoms with Crippen LogP contribution < -0.4 is 10.6 Å². The number of hydrogen-bond acceptors (Lipinski definition) is 5. The van der Waals surface area contributed by atoms with Gasteiger partial charge in [-0.2, -0.15) is 0 Å². The average molecular weight is 418 g/mol. The lowest BCUT2D eigenvalue weighted by Gasteiger charge is -2.17.